The topological polar surface area (TPSA) is 55.1 Å². The van der Waals surface area contributed by atoms with Crippen molar-refractivity contribution in [1.29, 1.82) is 0 Å². The van der Waals surface area contributed by atoms with Gasteiger partial charge in [0.2, 0.25) is 5.91 Å². The molecule has 2 rings (SSSR count). The largest absolute Gasteiger partial charge is 0.353 e. The van der Waals surface area contributed by atoms with Gasteiger partial charge in [-0.1, -0.05) is 38.1 Å². The van der Waals surface area contributed by atoms with Gasteiger partial charge in [0, 0.05) is 18.5 Å². The molecule has 0 radical (unpaired) electrons. The molecule has 0 bridgehead atoms. The molecule has 1 saturated carbocycles. The highest BCUT2D eigenvalue weighted by Crippen LogP contribution is 2.21. The molecule has 1 aromatic carbocycles. The van der Waals surface area contributed by atoms with Gasteiger partial charge in [-0.05, 0) is 49.1 Å². The monoisotopic (exact) mass is 288 g/mol. The molecule has 0 saturated heterocycles. The molecular weight excluding hydrogens is 260 g/mol. The van der Waals surface area contributed by atoms with Crippen LogP contribution in [0.15, 0.2) is 24.3 Å². The third-order valence-electron chi connectivity index (χ3n) is 4.59. The van der Waals surface area contributed by atoms with E-state index in [1.165, 1.54) is 11.1 Å². The summed E-state index contributed by atoms with van der Waals surface area (Å²) in [6, 6.07) is 9.27. The number of hydrogen-bond donors (Lipinski definition) is 2. The number of nitrogens with one attached hydrogen (secondary N) is 1. The van der Waals surface area contributed by atoms with E-state index in [2.05, 4.69) is 43.4 Å². The van der Waals surface area contributed by atoms with Crippen LogP contribution in [0.4, 0.5) is 0 Å². The van der Waals surface area contributed by atoms with E-state index in [0.29, 0.717) is 18.5 Å². The molecule has 1 fully saturated rings. The van der Waals surface area contributed by atoms with Gasteiger partial charge in [0.25, 0.3) is 0 Å². The first-order valence-electron chi connectivity index (χ1n) is 8.22. The fourth-order valence-electron chi connectivity index (χ4n) is 3.03. The lowest BCUT2D eigenvalue weighted by molar-refractivity contribution is -0.122. The van der Waals surface area contributed by atoms with Crippen LogP contribution in [-0.2, 0) is 11.2 Å². The van der Waals surface area contributed by atoms with Crippen LogP contribution in [0.25, 0.3) is 0 Å². The van der Waals surface area contributed by atoms with Crippen LogP contribution in [0.5, 0.6) is 0 Å². The zero-order chi connectivity index (χ0) is 15.2. The normalized spacial score (nSPS) is 23.6. The van der Waals surface area contributed by atoms with E-state index >= 15 is 0 Å². The van der Waals surface area contributed by atoms with Crippen LogP contribution < -0.4 is 11.1 Å². The van der Waals surface area contributed by atoms with E-state index in [0.717, 1.165) is 32.1 Å². The Morgan fingerprint density at radius 1 is 1.24 bits per heavy atom. The first-order valence-corrected chi connectivity index (χ1v) is 8.22. The van der Waals surface area contributed by atoms with Gasteiger partial charge in [0.05, 0.1) is 0 Å². The lowest BCUT2D eigenvalue weighted by atomic mass is 9.91. The lowest BCUT2D eigenvalue weighted by Crippen LogP contribution is -2.40. The number of hydrogen-bond acceptors (Lipinski definition) is 2. The summed E-state index contributed by atoms with van der Waals surface area (Å²) in [7, 11) is 0. The van der Waals surface area contributed by atoms with Gasteiger partial charge < -0.3 is 11.1 Å². The van der Waals surface area contributed by atoms with Crippen LogP contribution in [0, 0.1) is 0 Å². The van der Waals surface area contributed by atoms with Crippen molar-refractivity contribution in [3.05, 3.63) is 35.4 Å². The first-order chi connectivity index (χ1) is 10.1. The van der Waals surface area contributed by atoms with Crippen LogP contribution in [0.1, 0.15) is 63.0 Å². The second-order valence-electron chi connectivity index (χ2n) is 6.38. The van der Waals surface area contributed by atoms with Crippen molar-refractivity contribution in [3.63, 3.8) is 0 Å². The molecule has 3 N–H and O–H groups in total. The van der Waals surface area contributed by atoms with Crippen molar-refractivity contribution in [2.75, 3.05) is 0 Å². The van der Waals surface area contributed by atoms with Crippen molar-refractivity contribution in [2.45, 2.75) is 70.4 Å². The third kappa shape index (κ3) is 4.85. The maximum absolute atomic E-state index is 12.2. The average Bonchev–Trinajstić information content (AvgIpc) is 2.49. The number of aryl methyl sites for hydroxylation is 1. The van der Waals surface area contributed by atoms with Crippen LogP contribution in [-0.4, -0.2) is 18.0 Å². The van der Waals surface area contributed by atoms with E-state index in [4.69, 9.17) is 5.73 Å². The molecule has 0 aliphatic heterocycles. The number of amides is 1. The SMILES string of the molecule is CCc1ccc(C(C)CC(=O)NC2CCC(N)CC2)cc1. The average molecular weight is 288 g/mol. The fraction of sp³-hybridized carbons (Fsp3) is 0.611. The highest BCUT2D eigenvalue weighted by molar-refractivity contribution is 5.77. The van der Waals surface area contributed by atoms with Crippen molar-refractivity contribution in [1.82, 2.24) is 5.32 Å². The summed E-state index contributed by atoms with van der Waals surface area (Å²) in [6.45, 7) is 4.28. The minimum absolute atomic E-state index is 0.169. The number of carbonyl (C=O) groups excluding carboxylic acids is 1. The van der Waals surface area contributed by atoms with Crippen molar-refractivity contribution >= 4 is 5.91 Å². The molecule has 116 valence electrons. The Balaban J connectivity index is 1.81. The second kappa shape index (κ2) is 7.60. The Labute approximate surface area is 128 Å². The molecule has 1 amide bonds. The Morgan fingerprint density at radius 3 is 2.43 bits per heavy atom. The molecule has 1 unspecified atom stereocenters. The molecule has 0 spiro atoms. The van der Waals surface area contributed by atoms with E-state index in [9.17, 15) is 4.79 Å². The summed E-state index contributed by atoms with van der Waals surface area (Å²) in [4.78, 5) is 12.2. The van der Waals surface area contributed by atoms with Gasteiger partial charge in [-0.3, -0.25) is 4.79 Å². The Kier molecular flexibility index (Phi) is 5.80. The molecule has 21 heavy (non-hydrogen) atoms. The quantitative estimate of drug-likeness (QED) is 0.874. The second-order valence-corrected chi connectivity index (χ2v) is 6.38. The Hall–Kier alpha value is -1.35. The number of rotatable bonds is 5. The predicted octanol–water partition coefficient (Wildman–Crippen LogP) is 3.13. The van der Waals surface area contributed by atoms with Gasteiger partial charge in [-0.15, -0.1) is 0 Å². The number of benzene rings is 1. The molecule has 1 aliphatic rings. The summed E-state index contributed by atoms with van der Waals surface area (Å²) >= 11 is 0. The van der Waals surface area contributed by atoms with Crippen molar-refractivity contribution < 1.29 is 4.79 Å². The smallest absolute Gasteiger partial charge is 0.220 e. The van der Waals surface area contributed by atoms with E-state index in [1.807, 2.05) is 0 Å². The first kappa shape index (κ1) is 16.0. The fourth-order valence-corrected chi connectivity index (χ4v) is 3.03. The minimum atomic E-state index is 0.169. The van der Waals surface area contributed by atoms with Gasteiger partial charge in [0.1, 0.15) is 0 Å². The minimum Gasteiger partial charge on any atom is -0.353 e. The summed E-state index contributed by atoms with van der Waals surface area (Å²) in [5, 5.41) is 3.17. The number of carbonyl (C=O) groups is 1. The molecule has 3 heteroatoms. The third-order valence-corrected chi connectivity index (χ3v) is 4.59. The maximum Gasteiger partial charge on any atom is 0.220 e. The van der Waals surface area contributed by atoms with Crippen LogP contribution >= 0.6 is 0 Å². The van der Waals surface area contributed by atoms with Crippen molar-refractivity contribution in [2.24, 2.45) is 5.73 Å². The molecule has 1 aromatic rings. The standard InChI is InChI=1S/C18H28N2O/c1-3-14-4-6-15(7-5-14)13(2)12-18(21)20-17-10-8-16(19)9-11-17/h4-7,13,16-17H,3,8-12,19H2,1-2H3,(H,20,21). The van der Waals surface area contributed by atoms with E-state index in [1.54, 1.807) is 0 Å². The van der Waals surface area contributed by atoms with Crippen LogP contribution in [0.3, 0.4) is 0 Å². The highest BCUT2D eigenvalue weighted by Gasteiger charge is 2.21. The Bertz CT molecular complexity index is 447. The molecule has 0 aromatic heterocycles. The molecule has 0 heterocycles. The van der Waals surface area contributed by atoms with Crippen LogP contribution in [0.2, 0.25) is 0 Å². The summed E-state index contributed by atoms with van der Waals surface area (Å²) in [5.41, 5.74) is 8.48. The van der Waals surface area contributed by atoms with Crippen molar-refractivity contribution in [3.8, 4) is 0 Å². The molecular formula is C18H28N2O. The summed E-state index contributed by atoms with van der Waals surface area (Å²) < 4.78 is 0. The van der Waals surface area contributed by atoms with Gasteiger partial charge in [-0.2, -0.15) is 0 Å². The van der Waals surface area contributed by atoms with E-state index < -0.39 is 0 Å². The highest BCUT2D eigenvalue weighted by atomic mass is 16.1. The van der Waals surface area contributed by atoms with Gasteiger partial charge >= 0.3 is 0 Å². The molecule has 1 aliphatic carbocycles. The summed E-state index contributed by atoms with van der Waals surface area (Å²) in [5.74, 6) is 0.435. The summed E-state index contributed by atoms with van der Waals surface area (Å²) in [6.07, 6.45) is 5.71. The van der Waals surface area contributed by atoms with Gasteiger partial charge in [-0.25, -0.2) is 0 Å². The zero-order valence-electron chi connectivity index (χ0n) is 13.3. The lowest BCUT2D eigenvalue weighted by Gasteiger charge is -2.27. The predicted molar refractivity (Wildman–Crippen MR) is 87.2 cm³/mol. The number of nitrogens with two attached hydrogens (primary N) is 1. The maximum atomic E-state index is 12.2. The Morgan fingerprint density at radius 2 is 1.86 bits per heavy atom. The van der Waals surface area contributed by atoms with E-state index in [-0.39, 0.29) is 11.8 Å². The zero-order valence-corrected chi connectivity index (χ0v) is 13.3. The molecule has 3 nitrogen and oxygen atoms in total. The van der Waals surface area contributed by atoms with Gasteiger partial charge in [0.15, 0.2) is 0 Å². The molecule has 1 atom stereocenters.